The zero-order valence-electron chi connectivity index (χ0n) is 12.6. The lowest BCUT2D eigenvalue weighted by Crippen LogP contribution is -2.22. The summed E-state index contributed by atoms with van der Waals surface area (Å²) in [7, 11) is 2.02. The number of rotatable bonds is 6. The van der Waals surface area contributed by atoms with Crippen LogP contribution in [0.4, 0.5) is 5.82 Å². The predicted molar refractivity (Wildman–Crippen MR) is 76.8 cm³/mol. The third kappa shape index (κ3) is 3.76. The van der Waals surface area contributed by atoms with E-state index in [0.717, 1.165) is 49.0 Å². The molecule has 2 heterocycles. The van der Waals surface area contributed by atoms with Crippen LogP contribution in [0.5, 0.6) is 0 Å². The molecular weight excluding hydrogens is 254 g/mol. The van der Waals surface area contributed by atoms with Gasteiger partial charge in [0.2, 0.25) is 5.89 Å². The van der Waals surface area contributed by atoms with Crippen LogP contribution in [0.3, 0.4) is 0 Å². The van der Waals surface area contributed by atoms with E-state index in [2.05, 4.69) is 31.9 Å². The Bertz CT molecular complexity index is 566. The number of nitrogens with zero attached hydrogens (tertiary/aromatic N) is 5. The minimum Gasteiger partial charge on any atom is -0.359 e. The first-order valence-corrected chi connectivity index (χ1v) is 6.93. The monoisotopic (exact) mass is 275 g/mol. The molecule has 6 nitrogen and oxygen atoms in total. The van der Waals surface area contributed by atoms with Gasteiger partial charge in [-0.1, -0.05) is 12.1 Å². The lowest BCUT2D eigenvalue weighted by Gasteiger charge is -2.18. The van der Waals surface area contributed by atoms with Gasteiger partial charge in [-0.25, -0.2) is 9.97 Å². The molecule has 20 heavy (non-hydrogen) atoms. The number of hydrogen-bond acceptors (Lipinski definition) is 6. The van der Waals surface area contributed by atoms with E-state index in [1.54, 1.807) is 6.92 Å². The summed E-state index contributed by atoms with van der Waals surface area (Å²) in [4.78, 5) is 15.3. The molecule has 0 amide bonds. The maximum Gasteiger partial charge on any atom is 0.223 e. The minimum absolute atomic E-state index is 0.603. The van der Waals surface area contributed by atoms with Crippen molar-refractivity contribution in [2.24, 2.45) is 0 Å². The van der Waals surface area contributed by atoms with Crippen LogP contribution in [-0.4, -0.2) is 33.7 Å². The van der Waals surface area contributed by atoms with E-state index in [-0.39, 0.29) is 0 Å². The van der Waals surface area contributed by atoms with Crippen molar-refractivity contribution < 1.29 is 4.52 Å². The largest absolute Gasteiger partial charge is 0.359 e. The third-order valence-electron chi connectivity index (χ3n) is 2.99. The molecule has 0 bridgehead atoms. The Kier molecular flexibility index (Phi) is 4.65. The lowest BCUT2D eigenvalue weighted by molar-refractivity contribution is 0.387. The van der Waals surface area contributed by atoms with Gasteiger partial charge in [-0.3, -0.25) is 0 Å². The van der Waals surface area contributed by atoms with E-state index in [4.69, 9.17) is 4.52 Å². The maximum absolute atomic E-state index is 4.97. The van der Waals surface area contributed by atoms with E-state index in [0.29, 0.717) is 5.89 Å². The van der Waals surface area contributed by atoms with E-state index < -0.39 is 0 Å². The van der Waals surface area contributed by atoms with E-state index >= 15 is 0 Å². The molecule has 6 heteroatoms. The van der Waals surface area contributed by atoms with E-state index in [1.807, 2.05) is 20.0 Å². The predicted octanol–water partition coefficient (Wildman–Crippen LogP) is 2.11. The van der Waals surface area contributed by atoms with Crippen molar-refractivity contribution in [3.63, 3.8) is 0 Å². The van der Waals surface area contributed by atoms with Crippen molar-refractivity contribution in [2.75, 3.05) is 18.5 Å². The number of aromatic nitrogens is 4. The van der Waals surface area contributed by atoms with Crippen molar-refractivity contribution in [2.45, 2.75) is 40.0 Å². The highest BCUT2D eigenvalue weighted by atomic mass is 16.5. The Hall–Kier alpha value is -1.98. The van der Waals surface area contributed by atoms with E-state index in [9.17, 15) is 0 Å². The quantitative estimate of drug-likeness (QED) is 0.804. The standard InChI is InChI=1S/C14H21N5O/c1-5-6-12-15-10(2)9-14(17-12)19(4)8-7-13-16-11(3)20-18-13/h9H,5-8H2,1-4H3. The molecular formula is C14H21N5O. The van der Waals surface area contributed by atoms with Gasteiger partial charge in [-0.2, -0.15) is 4.98 Å². The van der Waals surface area contributed by atoms with Crippen molar-refractivity contribution in [1.29, 1.82) is 0 Å². The van der Waals surface area contributed by atoms with Crippen LogP contribution in [0.25, 0.3) is 0 Å². The molecule has 0 atom stereocenters. The number of aryl methyl sites for hydroxylation is 3. The van der Waals surface area contributed by atoms with Crippen LogP contribution in [0.2, 0.25) is 0 Å². The third-order valence-corrected chi connectivity index (χ3v) is 2.99. The molecule has 0 spiro atoms. The maximum atomic E-state index is 4.97. The fourth-order valence-corrected chi connectivity index (χ4v) is 1.97. The van der Waals surface area contributed by atoms with Gasteiger partial charge >= 0.3 is 0 Å². The fourth-order valence-electron chi connectivity index (χ4n) is 1.97. The highest BCUT2D eigenvalue weighted by molar-refractivity contribution is 5.38. The first kappa shape index (κ1) is 14.4. The summed E-state index contributed by atoms with van der Waals surface area (Å²) in [6.07, 6.45) is 2.70. The summed E-state index contributed by atoms with van der Waals surface area (Å²) in [5.41, 5.74) is 1.00. The number of hydrogen-bond donors (Lipinski definition) is 0. The van der Waals surface area contributed by atoms with Crippen LogP contribution in [0.1, 0.15) is 36.6 Å². The summed E-state index contributed by atoms with van der Waals surface area (Å²) in [5, 5.41) is 3.90. The summed E-state index contributed by atoms with van der Waals surface area (Å²) >= 11 is 0. The second-order valence-electron chi connectivity index (χ2n) is 4.93. The zero-order chi connectivity index (χ0) is 14.5. The number of likely N-dealkylation sites (N-methyl/N-ethyl adjacent to an activating group) is 1. The van der Waals surface area contributed by atoms with Gasteiger partial charge in [0.25, 0.3) is 0 Å². The van der Waals surface area contributed by atoms with Crippen molar-refractivity contribution >= 4 is 5.82 Å². The zero-order valence-corrected chi connectivity index (χ0v) is 12.6. The van der Waals surface area contributed by atoms with Crippen LogP contribution in [-0.2, 0) is 12.8 Å². The Balaban J connectivity index is 2.02. The van der Waals surface area contributed by atoms with Gasteiger partial charge in [-0.15, -0.1) is 0 Å². The Morgan fingerprint density at radius 1 is 1.10 bits per heavy atom. The van der Waals surface area contributed by atoms with Gasteiger partial charge in [0, 0.05) is 45.1 Å². The molecule has 0 aromatic carbocycles. The van der Waals surface area contributed by atoms with Crippen LogP contribution < -0.4 is 4.90 Å². The molecule has 108 valence electrons. The second-order valence-corrected chi connectivity index (χ2v) is 4.93. The molecule has 0 N–H and O–H groups in total. The van der Waals surface area contributed by atoms with Crippen molar-refractivity contribution in [3.8, 4) is 0 Å². The van der Waals surface area contributed by atoms with E-state index in [1.165, 1.54) is 0 Å². The van der Waals surface area contributed by atoms with Gasteiger partial charge < -0.3 is 9.42 Å². The van der Waals surface area contributed by atoms with Gasteiger partial charge in [0.1, 0.15) is 11.6 Å². The molecule has 2 aromatic heterocycles. The summed E-state index contributed by atoms with van der Waals surface area (Å²) in [5.74, 6) is 3.19. The first-order valence-electron chi connectivity index (χ1n) is 6.93. The first-order chi connectivity index (χ1) is 9.58. The van der Waals surface area contributed by atoms with Gasteiger partial charge in [0.05, 0.1) is 0 Å². The average Bonchev–Trinajstić information content (AvgIpc) is 2.81. The molecule has 0 aliphatic heterocycles. The topological polar surface area (TPSA) is 67.9 Å². The molecule has 0 fully saturated rings. The van der Waals surface area contributed by atoms with Crippen LogP contribution in [0.15, 0.2) is 10.6 Å². The highest BCUT2D eigenvalue weighted by Gasteiger charge is 2.09. The van der Waals surface area contributed by atoms with Gasteiger partial charge in [-0.05, 0) is 13.3 Å². The summed E-state index contributed by atoms with van der Waals surface area (Å²) in [6, 6.07) is 2.00. The molecule has 0 aliphatic rings. The fraction of sp³-hybridized carbons (Fsp3) is 0.571. The van der Waals surface area contributed by atoms with Crippen molar-refractivity contribution in [3.05, 3.63) is 29.3 Å². The molecule has 0 radical (unpaired) electrons. The second kappa shape index (κ2) is 6.45. The Morgan fingerprint density at radius 3 is 2.55 bits per heavy atom. The van der Waals surface area contributed by atoms with Crippen molar-refractivity contribution in [1.82, 2.24) is 20.1 Å². The van der Waals surface area contributed by atoms with Crippen LogP contribution in [0, 0.1) is 13.8 Å². The Morgan fingerprint density at radius 2 is 1.90 bits per heavy atom. The van der Waals surface area contributed by atoms with Gasteiger partial charge in [0.15, 0.2) is 5.82 Å². The summed E-state index contributed by atoms with van der Waals surface area (Å²) in [6.45, 7) is 6.72. The smallest absolute Gasteiger partial charge is 0.223 e. The molecule has 2 rings (SSSR count). The molecule has 0 unspecified atom stereocenters. The molecule has 2 aromatic rings. The lowest BCUT2D eigenvalue weighted by atomic mass is 10.3. The highest BCUT2D eigenvalue weighted by Crippen LogP contribution is 2.12. The minimum atomic E-state index is 0.603. The molecule has 0 saturated heterocycles. The SMILES string of the molecule is CCCc1nc(C)cc(N(C)CCc2noc(C)n2)n1. The van der Waals surface area contributed by atoms with Crippen LogP contribution >= 0.6 is 0 Å². The molecule has 0 aliphatic carbocycles. The normalized spacial score (nSPS) is 10.8. The average molecular weight is 275 g/mol. The molecule has 0 saturated carbocycles. The summed E-state index contributed by atoms with van der Waals surface area (Å²) < 4.78 is 4.97. The number of anilines is 1. The Labute approximate surface area is 119 Å².